The lowest BCUT2D eigenvalue weighted by Crippen LogP contribution is -2.45. The molecule has 18 heteroatoms. The Morgan fingerprint density at radius 3 is 1.23 bits per heavy atom. The third kappa shape index (κ3) is 10.4. The number of carbonyl (C=O) groups excluding carboxylic acids is 2. The Kier molecular flexibility index (Phi) is 12.9. The minimum Gasteiger partial charge on any atom is -0.484 e. The SMILES string of the molecule is Cc1cc(NC(=O)C(C)(O)COc2c(F)cccc2F)ccc1[N+](=O)[O-].Cc1cc(NC(=O)C(C)(O)COc2c(F)cccc2F)ccc1[N+](=O)[O-]. The summed E-state index contributed by atoms with van der Waals surface area (Å²) in [6.07, 6.45) is 0. The first-order valence-corrected chi connectivity index (χ1v) is 14.9. The largest absolute Gasteiger partial charge is 0.484 e. The number of para-hydroxylation sites is 2. The minimum atomic E-state index is -2.11. The summed E-state index contributed by atoms with van der Waals surface area (Å²) >= 11 is 0. The molecular weight excluding hydrogens is 700 g/mol. The van der Waals surface area contributed by atoms with Gasteiger partial charge in [-0.15, -0.1) is 0 Å². The maximum atomic E-state index is 13.5. The molecule has 2 unspecified atom stereocenters. The van der Waals surface area contributed by atoms with Gasteiger partial charge in [0.2, 0.25) is 0 Å². The molecule has 0 bridgehead atoms. The third-order valence-electron chi connectivity index (χ3n) is 7.11. The Morgan fingerprint density at radius 1 is 0.654 bits per heavy atom. The van der Waals surface area contributed by atoms with E-state index in [0.717, 1.165) is 50.2 Å². The molecule has 52 heavy (non-hydrogen) atoms. The molecule has 0 aliphatic rings. The Morgan fingerprint density at radius 2 is 0.962 bits per heavy atom. The summed E-state index contributed by atoms with van der Waals surface area (Å²) in [5.74, 6) is -7.07. The predicted molar refractivity (Wildman–Crippen MR) is 178 cm³/mol. The van der Waals surface area contributed by atoms with Crippen LogP contribution in [0.15, 0.2) is 72.8 Å². The molecule has 0 heterocycles. The zero-order chi connectivity index (χ0) is 39.0. The van der Waals surface area contributed by atoms with E-state index in [4.69, 9.17) is 9.47 Å². The zero-order valence-electron chi connectivity index (χ0n) is 27.9. The topological polar surface area (TPSA) is 203 Å². The van der Waals surface area contributed by atoms with Gasteiger partial charge in [0.1, 0.15) is 13.2 Å². The molecular formula is C34H32F4N4O10. The lowest BCUT2D eigenvalue weighted by molar-refractivity contribution is -0.385. The summed E-state index contributed by atoms with van der Waals surface area (Å²) in [5.41, 5.74) is -3.38. The van der Waals surface area contributed by atoms with Crippen LogP contribution in [0.1, 0.15) is 25.0 Å². The van der Waals surface area contributed by atoms with E-state index in [1.807, 2.05) is 0 Å². The summed E-state index contributed by atoms with van der Waals surface area (Å²) in [4.78, 5) is 44.8. The van der Waals surface area contributed by atoms with Crippen molar-refractivity contribution in [3.8, 4) is 11.5 Å². The van der Waals surface area contributed by atoms with Gasteiger partial charge in [-0.1, -0.05) is 12.1 Å². The number of hydrogen-bond donors (Lipinski definition) is 4. The van der Waals surface area contributed by atoms with Gasteiger partial charge in [0.05, 0.1) is 9.85 Å². The van der Waals surface area contributed by atoms with Crippen LogP contribution < -0.4 is 20.1 Å². The molecule has 0 aliphatic heterocycles. The Balaban J connectivity index is 0.000000280. The van der Waals surface area contributed by atoms with Crippen LogP contribution in [-0.4, -0.2) is 56.3 Å². The second kappa shape index (κ2) is 16.7. The normalized spacial score (nSPS) is 13.0. The molecule has 0 aromatic heterocycles. The molecule has 14 nitrogen and oxygen atoms in total. The van der Waals surface area contributed by atoms with E-state index in [9.17, 15) is 57.6 Å². The molecule has 4 aromatic rings. The number of nitrogens with zero attached hydrogens (tertiary/aromatic N) is 2. The molecule has 276 valence electrons. The summed E-state index contributed by atoms with van der Waals surface area (Å²) in [6, 6.07) is 14.0. The van der Waals surface area contributed by atoms with Crippen LogP contribution in [0.3, 0.4) is 0 Å². The number of benzene rings is 4. The second-order valence-corrected chi connectivity index (χ2v) is 11.7. The number of anilines is 2. The number of aliphatic hydroxyl groups is 2. The zero-order valence-corrected chi connectivity index (χ0v) is 27.9. The van der Waals surface area contributed by atoms with E-state index in [2.05, 4.69) is 10.6 Å². The molecule has 0 aliphatic carbocycles. The van der Waals surface area contributed by atoms with Crippen molar-refractivity contribution in [1.82, 2.24) is 0 Å². The molecule has 2 amide bonds. The van der Waals surface area contributed by atoms with Gasteiger partial charge in [0.15, 0.2) is 46.0 Å². The van der Waals surface area contributed by atoms with Crippen LogP contribution >= 0.6 is 0 Å². The fourth-order valence-corrected chi connectivity index (χ4v) is 4.20. The van der Waals surface area contributed by atoms with Crippen molar-refractivity contribution in [2.24, 2.45) is 0 Å². The van der Waals surface area contributed by atoms with Gasteiger partial charge < -0.3 is 30.3 Å². The first kappa shape index (κ1) is 40.3. The van der Waals surface area contributed by atoms with Crippen LogP contribution in [0.25, 0.3) is 0 Å². The number of nitrogens with one attached hydrogen (secondary N) is 2. The number of halogens is 4. The molecule has 0 radical (unpaired) electrons. The maximum Gasteiger partial charge on any atom is 0.272 e. The monoisotopic (exact) mass is 732 g/mol. The number of nitro groups is 2. The number of nitro benzene ring substituents is 2. The second-order valence-electron chi connectivity index (χ2n) is 11.7. The molecule has 4 aromatic carbocycles. The van der Waals surface area contributed by atoms with Crippen LogP contribution in [0.5, 0.6) is 11.5 Å². The lowest BCUT2D eigenvalue weighted by Gasteiger charge is -2.23. The highest BCUT2D eigenvalue weighted by Gasteiger charge is 2.34. The van der Waals surface area contributed by atoms with Crippen LogP contribution in [-0.2, 0) is 9.59 Å². The van der Waals surface area contributed by atoms with Crippen molar-refractivity contribution in [3.63, 3.8) is 0 Å². The summed E-state index contributed by atoms with van der Waals surface area (Å²) in [6.45, 7) is 3.80. The highest BCUT2D eigenvalue weighted by atomic mass is 19.1. The highest BCUT2D eigenvalue weighted by Crippen LogP contribution is 2.26. The van der Waals surface area contributed by atoms with E-state index < -0.39 is 80.8 Å². The van der Waals surface area contributed by atoms with E-state index >= 15 is 0 Å². The standard InChI is InChI=1S/2C17H16F2N2O5/c2*1-10-8-11(6-7-14(10)21(24)25)20-16(22)17(2,23)9-26-15-12(18)4-3-5-13(15)19/h2*3-8,23H,9H2,1-2H3,(H,20,22). The van der Waals surface area contributed by atoms with E-state index in [1.54, 1.807) is 0 Å². The Hall–Kier alpha value is -6.14. The van der Waals surface area contributed by atoms with Crippen LogP contribution in [0, 0.1) is 57.3 Å². The van der Waals surface area contributed by atoms with Gasteiger partial charge >= 0.3 is 0 Å². The average Bonchev–Trinajstić information content (AvgIpc) is 3.04. The minimum absolute atomic E-state index is 0.117. The molecule has 4 N–H and O–H groups in total. The molecule has 0 saturated carbocycles. The lowest BCUT2D eigenvalue weighted by atomic mass is 10.1. The van der Waals surface area contributed by atoms with Crippen molar-refractivity contribution in [3.05, 3.63) is 127 Å². The Labute approximate surface area is 292 Å². The number of carbonyl (C=O) groups is 2. The quantitative estimate of drug-likeness (QED) is 0.0771. The van der Waals surface area contributed by atoms with Crippen molar-refractivity contribution in [1.29, 1.82) is 0 Å². The smallest absolute Gasteiger partial charge is 0.272 e. The number of rotatable bonds is 12. The highest BCUT2D eigenvalue weighted by molar-refractivity contribution is 5.97. The van der Waals surface area contributed by atoms with Crippen molar-refractivity contribution in [2.45, 2.75) is 38.9 Å². The van der Waals surface area contributed by atoms with Gasteiger partial charge in [-0.2, -0.15) is 0 Å². The molecule has 0 saturated heterocycles. The van der Waals surface area contributed by atoms with Gasteiger partial charge in [-0.05, 0) is 76.2 Å². The van der Waals surface area contributed by atoms with Crippen molar-refractivity contribution < 1.29 is 56.7 Å². The van der Waals surface area contributed by atoms with Gasteiger partial charge in [-0.3, -0.25) is 29.8 Å². The number of hydrogen-bond acceptors (Lipinski definition) is 10. The molecule has 2 atom stereocenters. The maximum absolute atomic E-state index is 13.5. The number of ether oxygens (including phenoxy) is 2. The molecule has 4 rings (SSSR count). The predicted octanol–water partition coefficient (Wildman–Crippen LogP) is 5.90. The first-order chi connectivity index (χ1) is 24.2. The first-order valence-electron chi connectivity index (χ1n) is 14.9. The fraction of sp³-hybridized carbons (Fsp3) is 0.235. The molecule has 0 fully saturated rings. The van der Waals surface area contributed by atoms with Crippen LogP contribution in [0.4, 0.5) is 40.3 Å². The van der Waals surface area contributed by atoms with E-state index in [1.165, 1.54) is 50.2 Å². The number of aryl methyl sites for hydroxylation is 2. The summed E-state index contributed by atoms with van der Waals surface area (Å²) < 4.78 is 63.9. The molecule has 0 spiro atoms. The van der Waals surface area contributed by atoms with Crippen molar-refractivity contribution >= 4 is 34.6 Å². The van der Waals surface area contributed by atoms with Crippen LogP contribution in [0.2, 0.25) is 0 Å². The third-order valence-corrected chi connectivity index (χ3v) is 7.11. The Bertz CT molecular complexity index is 1810. The van der Waals surface area contributed by atoms with Gasteiger partial charge in [0.25, 0.3) is 23.2 Å². The van der Waals surface area contributed by atoms with E-state index in [-0.39, 0.29) is 22.7 Å². The van der Waals surface area contributed by atoms with Crippen molar-refractivity contribution in [2.75, 3.05) is 23.8 Å². The average molecular weight is 733 g/mol. The van der Waals surface area contributed by atoms with E-state index in [0.29, 0.717) is 11.1 Å². The summed E-state index contributed by atoms with van der Waals surface area (Å²) in [5, 5.41) is 46.7. The summed E-state index contributed by atoms with van der Waals surface area (Å²) in [7, 11) is 0. The fourth-order valence-electron chi connectivity index (χ4n) is 4.20. The number of amides is 2. The van der Waals surface area contributed by atoms with Gasteiger partial charge in [-0.25, -0.2) is 17.6 Å². The van der Waals surface area contributed by atoms with Gasteiger partial charge in [0, 0.05) is 34.6 Å².